The molecule has 0 saturated carbocycles. The minimum atomic E-state index is 0.577. The first-order valence-corrected chi connectivity index (χ1v) is 4.14. The lowest BCUT2D eigenvalue weighted by atomic mass is 10.3. The number of aromatic nitrogens is 1. The van der Waals surface area contributed by atoms with Crippen LogP contribution in [-0.2, 0) is 11.3 Å². The van der Waals surface area contributed by atoms with Gasteiger partial charge in [0.1, 0.15) is 0 Å². The minimum absolute atomic E-state index is 0.577. The second-order valence-corrected chi connectivity index (χ2v) is 3.16. The van der Waals surface area contributed by atoms with Crippen LogP contribution < -0.4 is 0 Å². The molecular weight excluding hydrogens is 206 g/mol. The summed E-state index contributed by atoms with van der Waals surface area (Å²) in [5.41, 5.74) is 1.97. The number of hydrogen-bond donors (Lipinski definition) is 0. The lowest BCUT2D eigenvalue weighted by molar-refractivity contribution is 0.181. The Morgan fingerprint density at radius 1 is 1.55 bits per heavy atom. The summed E-state index contributed by atoms with van der Waals surface area (Å²) in [5.74, 6) is 0. The average Bonchev–Trinajstić information content (AvgIpc) is 1.98. The first-order valence-electron chi connectivity index (χ1n) is 3.35. The lowest BCUT2D eigenvalue weighted by Crippen LogP contribution is -1.93. The van der Waals surface area contributed by atoms with E-state index < -0.39 is 0 Å². The van der Waals surface area contributed by atoms with Gasteiger partial charge in [-0.1, -0.05) is 0 Å². The molecule has 0 aliphatic rings. The first-order chi connectivity index (χ1) is 5.24. The molecule has 0 aliphatic heterocycles. The Morgan fingerprint density at radius 2 is 2.27 bits per heavy atom. The van der Waals surface area contributed by atoms with Crippen LogP contribution in [0.4, 0.5) is 0 Å². The lowest BCUT2D eigenvalue weighted by Gasteiger charge is -2.01. The molecule has 0 aromatic carbocycles. The zero-order valence-electron chi connectivity index (χ0n) is 6.60. The normalized spacial score (nSPS) is 10.1. The van der Waals surface area contributed by atoms with Gasteiger partial charge >= 0.3 is 0 Å². The predicted octanol–water partition coefficient (Wildman–Crippen LogP) is 2.30. The zero-order chi connectivity index (χ0) is 8.27. The van der Waals surface area contributed by atoms with E-state index in [4.69, 9.17) is 4.74 Å². The molecule has 0 aliphatic carbocycles. The molecule has 0 N–H and O–H groups in total. The quantitative estimate of drug-likeness (QED) is 0.756. The highest BCUT2D eigenvalue weighted by molar-refractivity contribution is 9.10. The van der Waals surface area contributed by atoms with Gasteiger partial charge in [0.15, 0.2) is 0 Å². The second kappa shape index (κ2) is 3.83. The van der Waals surface area contributed by atoms with Crippen LogP contribution in [0.5, 0.6) is 0 Å². The van der Waals surface area contributed by atoms with Gasteiger partial charge in [0, 0.05) is 11.6 Å². The van der Waals surface area contributed by atoms with E-state index in [1.54, 1.807) is 7.11 Å². The van der Waals surface area contributed by atoms with E-state index in [0.29, 0.717) is 6.61 Å². The molecule has 0 bridgehead atoms. The maximum Gasteiger partial charge on any atom is 0.0884 e. The van der Waals surface area contributed by atoms with Crippen LogP contribution in [0.2, 0.25) is 0 Å². The molecule has 60 valence electrons. The van der Waals surface area contributed by atoms with Crippen LogP contribution in [0.3, 0.4) is 0 Å². The highest BCUT2D eigenvalue weighted by atomic mass is 79.9. The summed E-state index contributed by atoms with van der Waals surface area (Å²) < 4.78 is 5.98. The van der Waals surface area contributed by atoms with Crippen LogP contribution in [0, 0.1) is 6.92 Å². The summed E-state index contributed by atoms with van der Waals surface area (Å²) in [6.45, 7) is 2.54. The predicted molar refractivity (Wildman–Crippen MR) is 47.4 cm³/mol. The summed E-state index contributed by atoms with van der Waals surface area (Å²) in [4.78, 5) is 4.29. The van der Waals surface area contributed by atoms with Crippen LogP contribution in [0.1, 0.15) is 11.4 Å². The van der Waals surface area contributed by atoms with E-state index in [1.807, 2.05) is 19.1 Å². The molecule has 0 atom stereocenters. The topological polar surface area (TPSA) is 22.1 Å². The number of methoxy groups -OCH3 is 1. The molecule has 0 unspecified atom stereocenters. The standard InChI is InChI=1S/C8H10BrNO/c1-6-8(9)4-3-7(10-6)5-11-2/h3-4H,5H2,1-2H3. The third-order valence-electron chi connectivity index (χ3n) is 1.37. The number of ether oxygens (including phenoxy) is 1. The van der Waals surface area contributed by atoms with E-state index in [2.05, 4.69) is 20.9 Å². The van der Waals surface area contributed by atoms with Crippen molar-refractivity contribution in [2.24, 2.45) is 0 Å². The molecule has 1 heterocycles. The highest BCUT2D eigenvalue weighted by Gasteiger charge is 1.97. The highest BCUT2D eigenvalue weighted by Crippen LogP contribution is 2.13. The summed E-state index contributed by atoms with van der Waals surface area (Å²) in [6, 6.07) is 3.93. The Balaban J connectivity index is 2.86. The largest absolute Gasteiger partial charge is 0.378 e. The van der Waals surface area contributed by atoms with Crippen molar-refractivity contribution in [2.45, 2.75) is 13.5 Å². The molecule has 0 amide bonds. The Hall–Kier alpha value is -0.410. The van der Waals surface area contributed by atoms with Crippen molar-refractivity contribution in [1.82, 2.24) is 4.98 Å². The van der Waals surface area contributed by atoms with Gasteiger partial charge in [-0.05, 0) is 35.0 Å². The number of nitrogens with zero attached hydrogens (tertiary/aromatic N) is 1. The van der Waals surface area contributed by atoms with Gasteiger partial charge < -0.3 is 4.74 Å². The van der Waals surface area contributed by atoms with Crippen LogP contribution >= 0.6 is 15.9 Å². The Labute approximate surface area is 74.7 Å². The van der Waals surface area contributed by atoms with E-state index in [-0.39, 0.29) is 0 Å². The van der Waals surface area contributed by atoms with Crippen LogP contribution in [0.15, 0.2) is 16.6 Å². The monoisotopic (exact) mass is 215 g/mol. The maximum absolute atomic E-state index is 4.94. The van der Waals surface area contributed by atoms with E-state index >= 15 is 0 Å². The Morgan fingerprint density at radius 3 is 2.82 bits per heavy atom. The molecule has 0 fully saturated rings. The van der Waals surface area contributed by atoms with E-state index in [1.165, 1.54) is 0 Å². The van der Waals surface area contributed by atoms with Gasteiger partial charge in [-0.15, -0.1) is 0 Å². The van der Waals surface area contributed by atoms with E-state index in [0.717, 1.165) is 15.9 Å². The van der Waals surface area contributed by atoms with Crippen molar-refractivity contribution in [1.29, 1.82) is 0 Å². The third kappa shape index (κ3) is 2.27. The first kappa shape index (κ1) is 8.68. The smallest absolute Gasteiger partial charge is 0.0884 e. The van der Waals surface area contributed by atoms with Crippen molar-refractivity contribution >= 4 is 15.9 Å². The van der Waals surface area contributed by atoms with Gasteiger partial charge in [-0.25, -0.2) is 0 Å². The van der Waals surface area contributed by atoms with Crippen LogP contribution in [-0.4, -0.2) is 12.1 Å². The summed E-state index contributed by atoms with van der Waals surface area (Å²) in [6.07, 6.45) is 0. The Kier molecular flexibility index (Phi) is 3.02. The number of hydrogen-bond acceptors (Lipinski definition) is 2. The molecule has 11 heavy (non-hydrogen) atoms. The van der Waals surface area contributed by atoms with Crippen molar-refractivity contribution in [3.05, 3.63) is 28.0 Å². The average molecular weight is 216 g/mol. The van der Waals surface area contributed by atoms with Crippen molar-refractivity contribution in [3.8, 4) is 0 Å². The number of aryl methyl sites for hydroxylation is 1. The molecule has 1 aromatic heterocycles. The maximum atomic E-state index is 4.94. The molecule has 0 spiro atoms. The minimum Gasteiger partial charge on any atom is -0.378 e. The summed E-state index contributed by atoms with van der Waals surface area (Å²) in [7, 11) is 1.67. The fourth-order valence-corrected chi connectivity index (χ4v) is 1.05. The van der Waals surface area contributed by atoms with E-state index in [9.17, 15) is 0 Å². The number of pyridine rings is 1. The van der Waals surface area contributed by atoms with Gasteiger partial charge in [0.2, 0.25) is 0 Å². The van der Waals surface area contributed by atoms with Crippen LogP contribution in [0.25, 0.3) is 0 Å². The third-order valence-corrected chi connectivity index (χ3v) is 2.21. The SMILES string of the molecule is COCc1ccc(Br)c(C)n1. The molecule has 1 aromatic rings. The molecule has 1 rings (SSSR count). The van der Waals surface area contributed by atoms with Crippen molar-refractivity contribution in [2.75, 3.05) is 7.11 Å². The van der Waals surface area contributed by atoms with Gasteiger partial charge in [-0.2, -0.15) is 0 Å². The molecule has 3 heteroatoms. The zero-order valence-corrected chi connectivity index (χ0v) is 8.18. The molecule has 2 nitrogen and oxygen atoms in total. The summed E-state index contributed by atoms with van der Waals surface area (Å²) >= 11 is 3.38. The van der Waals surface area contributed by atoms with Gasteiger partial charge in [-0.3, -0.25) is 4.98 Å². The molecule has 0 saturated heterocycles. The Bertz CT molecular complexity index is 250. The van der Waals surface area contributed by atoms with Crippen molar-refractivity contribution in [3.63, 3.8) is 0 Å². The second-order valence-electron chi connectivity index (χ2n) is 2.30. The molecular formula is C8H10BrNO. The number of halogens is 1. The van der Waals surface area contributed by atoms with Crippen molar-refractivity contribution < 1.29 is 4.74 Å². The molecule has 0 radical (unpaired) electrons. The fourth-order valence-electron chi connectivity index (χ4n) is 0.824. The fraction of sp³-hybridized carbons (Fsp3) is 0.375. The van der Waals surface area contributed by atoms with Gasteiger partial charge in [0.05, 0.1) is 18.0 Å². The van der Waals surface area contributed by atoms with Gasteiger partial charge in [0.25, 0.3) is 0 Å². The number of rotatable bonds is 2. The summed E-state index contributed by atoms with van der Waals surface area (Å²) in [5, 5.41) is 0.